The van der Waals surface area contributed by atoms with Crippen molar-refractivity contribution in [2.45, 2.75) is 61.0 Å². The Bertz CT molecular complexity index is 527. The van der Waals surface area contributed by atoms with E-state index in [0.717, 1.165) is 17.7 Å². The van der Waals surface area contributed by atoms with Gasteiger partial charge in [-0.3, -0.25) is 4.79 Å². The number of carbonyl (C=O) groups is 1. The minimum Gasteiger partial charge on any atom is -0.393 e. The summed E-state index contributed by atoms with van der Waals surface area (Å²) in [4.78, 5) is 17.7. The number of Topliss-reactive ketones (excluding diaryl/α,β-unsaturated/α-hetero) is 1. The molecule has 0 N–H and O–H groups in total. The van der Waals surface area contributed by atoms with Gasteiger partial charge in [0.05, 0.1) is 5.71 Å². The van der Waals surface area contributed by atoms with Crippen LogP contribution in [0.3, 0.4) is 0 Å². The minimum absolute atomic E-state index is 0.0815. The molecule has 0 aromatic heterocycles. The quantitative estimate of drug-likeness (QED) is 0.506. The number of carbonyl (C=O) groups excluding carboxylic acids is 1. The lowest BCUT2D eigenvalue weighted by molar-refractivity contribution is -0.127. The first-order valence-electron chi connectivity index (χ1n) is 8.55. The monoisotopic (exact) mass is 317 g/mol. The lowest BCUT2D eigenvalue weighted by atomic mass is 9.82. The number of nitrogens with zero attached hydrogens (tertiary/aromatic N) is 1. The van der Waals surface area contributed by atoms with Gasteiger partial charge < -0.3 is 4.84 Å². The largest absolute Gasteiger partial charge is 0.393 e. The average molecular weight is 317 g/mol. The Labute approximate surface area is 141 Å². The van der Waals surface area contributed by atoms with E-state index in [9.17, 15) is 4.79 Å². The number of benzene rings is 1. The van der Waals surface area contributed by atoms with Crippen molar-refractivity contribution in [3.8, 4) is 0 Å². The third-order valence-corrected chi connectivity index (χ3v) is 3.97. The van der Waals surface area contributed by atoms with Crippen molar-refractivity contribution >= 4 is 11.5 Å². The van der Waals surface area contributed by atoms with Gasteiger partial charge in [-0.25, -0.2) is 0 Å². The standard InChI is InChI=1S/C20H31NO2/c1-13(2)19(20(22)14(3)4)12-17-8-10-18(11-9-17)16(7)21-23-15(5)6/h8-11,13-15,19H,12H2,1-7H3/b21-16-. The van der Waals surface area contributed by atoms with Crippen LogP contribution in [0, 0.1) is 17.8 Å². The topological polar surface area (TPSA) is 38.7 Å². The highest BCUT2D eigenvalue weighted by atomic mass is 16.6. The maximum atomic E-state index is 12.4. The predicted molar refractivity (Wildman–Crippen MR) is 96.8 cm³/mol. The maximum absolute atomic E-state index is 12.4. The van der Waals surface area contributed by atoms with Gasteiger partial charge in [-0.2, -0.15) is 0 Å². The second kappa shape index (κ2) is 8.85. The Morgan fingerprint density at radius 2 is 1.61 bits per heavy atom. The fourth-order valence-corrected chi connectivity index (χ4v) is 2.47. The second-order valence-corrected chi connectivity index (χ2v) is 7.14. The van der Waals surface area contributed by atoms with E-state index in [1.54, 1.807) is 0 Å². The highest BCUT2D eigenvalue weighted by Crippen LogP contribution is 2.22. The van der Waals surface area contributed by atoms with Crippen molar-refractivity contribution in [1.29, 1.82) is 0 Å². The number of ketones is 1. The lowest BCUT2D eigenvalue weighted by Crippen LogP contribution is -2.26. The third-order valence-electron chi connectivity index (χ3n) is 3.97. The fraction of sp³-hybridized carbons (Fsp3) is 0.600. The molecule has 0 bridgehead atoms. The molecule has 0 saturated carbocycles. The summed E-state index contributed by atoms with van der Waals surface area (Å²) in [5, 5.41) is 4.13. The SMILES string of the molecule is C/C(=N/OC(C)C)c1ccc(CC(C(=O)C(C)C)C(C)C)cc1. The highest BCUT2D eigenvalue weighted by Gasteiger charge is 2.24. The lowest BCUT2D eigenvalue weighted by Gasteiger charge is -2.21. The van der Waals surface area contributed by atoms with Crippen molar-refractivity contribution in [2.75, 3.05) is 0 Å². The zero-order valence-electron chi connectivity index (χ0n) is 15.6. The molecule has 0 saturated heterocycles. The zero-order chi connectivity index (χ0) is 17.6. The van der Waals surface area contributed by atoms with Crippen LogP contribution in [-0.4, -0.2) is 17.6 Å². The van der Waals surface area contributed by atoms with Crippen LogP contribution in [0.1, 0.15) is 59.6 Å². The van der Waals surface area contributed by atoms with Crippen LogP contribution >= 0.6 is 0 Å². The van der Waals surface area contributed by atoms with Gasteiger partial charge in [-0.15, -0.1) is 0 Å². The van der Waals surface area contributed by atoms with Crippen LogP contribution in [0.4, 0.5) is 0 Å². The molecule has 1 aromatic rings. The van der Waals surface area contributed by atoms with Gasteiger partial charge >= 0.3 is 0 Å². The van der Waals surface area contributed by atoms with E-state index < -0.39 is 0 Å². The summed E-state index contributed by atoms with van der Waals surface area (Å²) in [5.74, 6) is 0.878. The second-order valence-electron chi connectivity index (χ2n) is 7.14. The van der Waals surface area contributed by atoms with E-state index in [-0.39, 0.29) is 17.9 Å². The molecular weight excluding hydrogens is 286 g/mol. The van der Waals surface area contributed by atoms with Crippen molar-refractivity contribution in [3.63, 3.8) is 0 Å². The van der Waals surface area contributed by atoms with Crippen LogP contribution in [0.2, 0.25) is 0 Å². The van der Waals surface area contributed by atoms with Gasteiger partial charge in [0.15, 0.2) is 0 Å². The Kier molecular flexibility index (Phi) is 7.47. The molecule has 0 fully saturated rings. The van der Waals surface area contributed by atoms with Crippen LogP contribution in [0.15, 0.2) is 29.4 Å². The smallest absolute Gasteiger partial charge is 0.139 e. The van der Waals surface area contributed by atoms with Gasteiger partial charge in [0, 0.05) is 11.8 Å². The summed E-state index contributed by atoms with van der Waals surface area (Å²) in [6, 6.07) is 8.28. The Hall–Kier alpha value is -1.64. The van der Waals surface area contributed by atoms with Gasteiger partial charge in [0.1, 0.15) is 11.9 Å². The van der Waals surface area contributed by atoms with Gasteiger partial charge in [-0.1, -0.05) is 57.1 Å². The summed E-state index contributed by atoms with van der Waals surface area (Å²) >= 11 is 0. The van der Waals surface area contributed by atoms with E-state index in [1.807, 2.05) is 34.6 Å². The molecule has 1 unspecified atom stereocenters. The molecule has 0 radical (unpaired) electrons. The molecule has 0 spiro atoms. The van der Waals surface area contributed by atoms with Gasteiger partial charge in [-0.05, 0) is 44.2 Å². The molecule has 1 aromatic carbocycles. The molecule has 0 amide bonds. The zero-order valence-corrected chi connectivity index (χ0v) is 15.6. The molecule has 3 nitrogen and oxygen atoms in total. The number of hydrogen-bond donors (Lipinski definition) is 0. The summed E-state index contributed by atoms with van der Waals surface area (Å²) in [6.07, 6.45) is 0.881. The maximum Gasteiger partial charge on any atom is 0.139 e. The molecule has 128 valence electrons. The number of rotatable bonds is 8. The first kappa shape index (κ1) is 19.4. The van der Waals surface area contributed by atoms with E-state index in [4.69, 9.17) is 4.84 Å². The van der Waals surface area contributed by atoms with E-state index >= 15 is 0 Å². The molecule has 23 heavy (non-hydrogen) atoms. The van der Waals surface area contributed by atoms with Crippen molar-refractivity contribution < 1.29 is 9.63 Å². The summed E-state index contributed by atoms with van der Waals surface area (Å²) < 4.78 is 0. The van der Waals surface area contributed by atoms with Crippen molar-refractivity contribution in [3.05, 3.63) is 35.4 Å². The van der Waals surface area contributed by atoms with Crippen LogP contribution < -0.4 is 0 Å². The average Bonchev–Trinajstić information content (AvgIpc) is 2.49. The Morgan fingerprint density at radius 1 is 1.04 bits per heavy atom. The van der Waals surface area contributed by atoms with E-state index in [1.165, 1.54) is 5.56 Å². The van der Waals surface area contributed by atoms with Gasteiger partial charge in [0.2, 0.25) is 0 Å². The van der Waals surface area contributed by atoms with Crippen LogP contribution in [0.25, 0.3) is 0 Å². The molecule has 1 rings (SSSR count). The Balaban J connectivity index is 2.83. The van der Waals surface area contributed by atoms with Crippen LogP contribution in [-0.2, 0) is 16.1 Å². The van der Waals surface area contributed by atoms with Crippen molar-refractivity contribution in [1.82, 2.24) is 0 Å². The van der Waals surface area contributed by atoms with Gasteiger partial charge in [0.25, 0.3) is 0 Å². The predicted octanol–water partition coefficient (Wildman–Crippen LogP) is 4.88. The summed E-state index contributed by atoms with van der Waals surface area (Å²) in [5.41, 5.74) is 3.11. The fourth-order valence-electron chi connectivity index (χ4n) is 2.47. The molecular formula is C20H31NO2. The van der Waals surface area contributed by atoms with Crippen molar-refractivity contribution in [2.24, 2.45) is 22.9 Å². The third kappa shape index (κ3) is 6.17. The minimum atomic E-state index is 0.0815. The summed E-state index contributed by atoms with van der Waals surface area (Å²) in [6.45, 7) is 14.1. The molecule has 0 aliphatic rings. The molecule has 0 aliphatic heterocycles. The Morgan fingerprint density at radius 3 is 2.04 bits per heavy atom. The highest BCUT2D eigenvalue weighted by molar-refractivity contribution is 5.98. The molecule has 1 atom stereocenters. The first-order valence-corrected chi connectivity index (χ1v) is 8.55. The molecule has 3 heteroatoms. The normalized spacial score (nSPS) is 13.7. The molecule has 0 heterocycles. The molecule has 0 aliphatic carbocycles. The summed E-state index contributed by atoms with van der Waals surface area (Å²) in [7, 11) is 0. The van der Waals surface area contributed by atoms with Crippen LogP contribution in [0.5, 0.6) is 0 Å². The first-order chi connectivity index (χ1) is 10.7. The van der Waals surface area contributed by atoms with E-state index in [2.05, 4.69) is 43.3 Å². The number of hydrogen-bond acceptors (Lipinski definition) is 3. The number of oxime groups is 1. The van der Waals surface area contributed by atoms with E-state index in [0.29, 0.717) is 11.7 Å².